The SMILES string of the molecule is Cc1cccc(Nc2nc(N)cc3c2C(=O)NC3)c1. The lowest BCUT2D eigenvalue weighted by molar-refractivity contribution is 0.0966. The van der Waals surface area contributed by atoms with Gasteiger partial charge >= 0.3 is 0 Å². The number of rotatable bonds is 2. The number of nitrogens with one attached hydrogen (secondary N) is 2. The molecule has 2 heterocycles. The van der Waals surface area contributed by atoms with Crippen LogP contribution in [0.4, 0.5) is 17.3 Å². The van der Waals surface area contributed by atoms with Crippen LogP contribution in [0.5, 0.6) is 0 Å². The van der Waals surface area contributed by atoms with Crippen molar-refractivity contribution in [1.29, 1.82) is 0 Å². The Bertz CT molecular complexity index is 666. The van der Waals surface area contributed by atoms with E-state index in [0.717, 1.165) is 16.8 Å². The van der Waals surface area contributed by atoms with Gasteiger partial charge in [0.2, 0.25) is 0 Å². The van der Waals surface area contributed by atoms with Crippen LogP contribution >= 0.6 is 0 Å². The number of amides is 1. The first-order valence-electron chi connectivity index (χ1n) is 6.05. The van der Waals surface area contributed by atoms with Gasteiger partial charge in [0.05, 0.1) is 5.56 Å². The van der Waals surface area contributed by atoms with Crippen LogP contribution in [0.2, 0.25) is 0 Å². The summed E-state index contributed by atoms with van der Waals surface area (Å²) in [7, 11) is 0. The molecule has 0 radical (unpaired) electrons. The number of anilines is 3. The second-order valence-electron chi connectivity index (χ2n) is 4.61. The first-order valence-corrected chi connectivity index (χ1v) is 6.05. The van der Waals surface area contributed by atoms with Crippen LogP contribution in [0.1, 0.15) is 21.5 Å². The number of hydrogen-bond acceptors (Lipinski definition) is 4. The van der Waals surface area contributed by atoms with Crippen molar-refractivity contribution < 1.29 is 4.79 Å². The van der Waals surface area contributed by atoms with Crippen molar-refractivity contribution in [3.63, 3.8) is 0 Å². The van der Waals surface area contributed by atoms with E-state index in [0.29, 0.717) is 23.7 Å². The molecule has 1 aliphatic rings. The molecule has 1 aromatic carbocycles. The second-order valence-corrected chi connectivity index (χ2v) is 4.61. The Kier molecular flexibility index (Phi) is 2.59. The highest BCUT2D eigenvalue weighted by Gasteiger charge is 2.24. The van der Waals surface area contributed by atoms with E-state index in [1.54, 1.807) is 6.07 Å². The Labute approximate surface area is 110 Å². The van der Waals surface area contributed by atoms with Crippen LogP contribution < -0.4 is 16.4 Å². The molecular weight excluding hydrogens is 240 g/mol. The first-order chi connectivity index (χ1) is 9.13. The lowest BCUT2D eigenvalue weighted by atomic mass is 10.1. The van der Waals surface area contributed by atoms with Crippen molar-refractivity contribution in [2.75, 3.05) is 11.1 Å². The number of fused-ring (bicyclic) bond motifs is 1. The van der Waals surface area contributed by atoms with Gasteiger partial charge in [0.1, 0.15) is 11.6 Å². The van der Waals surface area contributed by atoms with Crippen LogP contribution in [0.15, 0.2) is 30.3 Å². The number of nitrogens with two attached hydrogens (primary N) is 1. The van der Waals surface area contributed by atoms with Crippen molar-refractivity contribution in [2.45, 2.75) is 13.5 Å². The number of nitrogens with zero attached hydrogens (tertiary/aromatic N) is 1. The van der Waals surface area contributed by atoms with Gasteiger partial charge in [-0.3, -0.25) is 4.79 Å². The predicted molar refractivity (Wildman–Crippen MR) is 74.3 cm³/mol. The number of nitrogen functional groups attached to an aromatic ring is 1. The van der Waals surface area contributed by atoms with Crippen molar-refractivity contribution in [2.24, 2.45) is 0 Å². The van der Waals surface area contributed by atoms with Gasteiger partial charge in [0.15, 0.2) is 0 Å². The summed E-state index contributed by atoms with van der Waals surface area (Å²) in [6.45, 7) is 2.51. The van der Waals surface area contributed by atoms with Crippen LogP contribution in [-0.2, 0) is 6.54 Å². The molecule has 96 valence electrons. The van der Waals surface area contributed by atoms with Crippen LogP contribution in [0, 0.1) is 6.92 Å². The molecule has 19 heavy (non-hydrogen) atoms. The van der Waals surface area contributed by atoms with E-state index in [2.05, 4.69) is 15.6 Å². The summed E-state index contributed by atoms with van der Waals surface area (Å²) in [5.41, 5.74) is 9.26. The quantitative estimate of drug-likeness (QED) is 0.765. The largest absolute Gasteiger partial charge is 0.384 e. The molecule has 4 N–H and O–H groups in total. The van der Waals surface area contributed by atoms with Gasteiger partial charge in [0, 0.05) is 12.2 Å². The molecule has 1 aromatic heterocycles. The summed E-state index contributed by atoms with van der Waals surface area (Å²) in [5.74, 6) is 0.804. The molecule has 0 atom stereocenters. The van der Waals surface area contributed by atoms with E-state index in [1.807, 2.05) is 31.2 Å². The molecular formula is C14H14N4O. The number of hydrogen-bond donors (Lipinski definition) is 3. The Morgan fingerprint density at radius 3 is 3.00 bits per heavy atom. The number of carbonyl (C=O) groups excluding carboxylic acids is 1. The third-order valence-electron chi connectivity index (χ3n) is 3.07. The van der Waals surface area contributed by atoms with E-state index in [1.165, 1.54) is 0 Å². The van der Waals surface area contributed by atoms with Crippen molar-refractivity contribution in [3.05, 3.63) is 47.0 Å². The molecule has 2 aromatic rings. The minimum atomic E-state index is -0.113. The Hall–Kier alpha value is -2.56. The third kappa shape index (κ3) is 2.10. The Balaban J connectivity index is 2.04. The number of aryl methyl sites for hydroxylation is 1. The van der Waals surface area contributed by atoms with E-state index < -0.39 is 0 Å². The smallest absolute Gasteiger partial charge is 0.255 e. The summed E-state index contributed by atoms with van der Waals surface area (Å²) in [6, 6.07) is 9.61. The molecule has 0 spiro atoms. The Morgan fingerprint density at radius 1 is 1.37 bits per heavy atom. The van der Waals surface area contributed by atoms with Gasteiger partial charge in [-0.1, -0.05) is 12.1 Å². The summed E-state index contributed by atoms with van der Waals surface area (Å²) in [5, 5.41) is 5.94. The average molecular weight is 254 g/mol. The minimum absolute atomic E-state index is 0.113. The second kappa shape index (κ2) is 4.28. The molecule has 0 saturated carbocycles. The third-order valence-corrected chi connectivity index (χ3v) is 3.07. The monoisotopic (exact) mass is 254 g/mol. The summed E-state index contributed by atoms with van der Waals surface area (Å²) in [6.07, 6.45) is 0. The normalized spacial score (nSPS) is 13.0. The van der Waals surface area contributed by atoms with E-state index in [-0.39, 0.29) is 5.91 Å². The molecule has 5 heteroatoms. The first kappa shape index (κ1) is 11.5. The van der Waals surface area contributed by atoms with E-state index in [9.17, 15) is 4.79 Å². The fourth-order valence-electron chi connectivity index (χ4n) is 2.23. The fraction of sp³-hybridized carbons (Fsp3) is 0.143. The van der Waals surface area contributed by atoms with Crippen LogP contribution in [-0.4, -0.2) is 10.9 Å². The molecule has 0 aliphatic carbocycles. The fourth-order valence-corrected chi connectivity index (χ4v) is 2.23. The highest BCUT2D eigenvalue weighted by atomic mass is 16.1. The molecule has 3 rings (SSSR count). The van der Waals surface area contributed by atoms with Gasteiger partial charge in [-0.2, -0.15) is 0 Å². The highest BCUT2D eigenvalue weighted by molar-refractivity contribution is 6.03. The zero-order chi connectivity index (χ0) is 13.4. The molecule has 0 saturated heterocycles. The molecule has 1 amide bonds. The van der Waals surface area contributed by atoms with Crippen LogP contribution in [0.3, 0.4) is 0 Å². The number of carbonyl (C=O) groups is 1. The molecule has 5 nitrogen and oxygen atoms in total. The average Bonchev–Trinajstić information content (AvgIpc) is 2.71. The zero-order valence-electron chi connectivity index (χ0n) is 10.5. The van der Waals surface area contributed by atoms with Gasteiger partial charge in [-0.05, 0) is 36.2 Å². The maximum absolute atomic E-state index is 11.8. The van der Waals surface area contributed by atoms with E-state index in [4.69, 9.17) is 5.73 Å². The lowest BCUT2D eigenvalue weighted by Crippen LogP contribution is -2.14. The van der Waals surface area contributed by atoms with E-state index >= 15 is 0 Å². The van der Waals surface area contributed by atoms with Gasteiger partial charge in [-0.25, -0.2) is 4.98 Å². The van der Waals surface area contributed by atoms with Crippen molar-refractivity contribution in [3.8, 4) is 0 Å². The van der Waals surface area contributed by atoms with Crippen LogP contribution in [0.25, 0.3) is 0 Å². The molecule has 0 fully saturated rings. The van der Waals surface area contributed by atoms with Gasteiger partial charge in [-0.15, -0.1) is 0 Å². The molecule has 1 aliphatic heterocycles. The summed E-state index contributed by atoms with van der Waals surface area (Å²) < 4.78 is 0. The molecule has 0 bridgehead atoms. The maximum Gasteiger partial charge on any atom is 0.255 e. The highest BCUT2D eigenvalue weighted by Crippen LogP contribution is 2.27. The van der Waals surface area contributed by atoms with Crippen molar-refractivity contribution >= 4 is 23.2 Å². The van der Waals surface area contributed by atoms with Gasteiger partial charge < -0.3 is 16.4 Å². The lowest BCUT2D eigenvalue weighted by Gasteiger charge is -2.10. The van der Waals surface area contributed by atoms with Gasteiger partial charge in [0.25, 0.3) is 5.91 Å². The topological polar surface area (TPSA) is 80.0 Å². The number of pyridine rings is 1. The summed E-state index contributed by atoms with van der Waals surface area (Å²) in [4.78, 5) is 16.0. The zero-order valence-corrected chi connectivity index (χ0v) is 10.5. The Morgan fingerprint density at radius 2 is 2.21 bits per heavy atom. The maximum atomic E-state index is 11.8. The minimum Gasteiger partial charge on any atom is -0.384 e. The standard InChI is InChI=1S/C14H14N4O/c1-8-3-2-4-10(5-8)17-13-12-9(6-11(15)18-13)7-16-14(12)19/h2-6H,7H2,1H3,(H,16,19)(H3,15,17,18). The predicted octanol–water partition coefficient (Wildman–Crippen LogP) is 1.96. The number of aromatic nitrogens is 1. The number of benzene rings is 1. The summed E-state index contributed by atoms with van der Waals surface area (Å²) >= 11 is 0. The van der Waals surface area contributed by atoms with Crippen molar-refractivity contribution in [1.82, 2.24) is 10.3 Å². The molecule has 0 unspecified atom stereocenters.